The van der Waals surface area contributed by atoms with Crippen LogP contribution in [0.4, 0.5) is 0 Å². The summed E-state index contributed by atoms with van der Waals surface area (Å²) in [6, 6.07) is 3.60. The Kier molecular flexibility index (Phi) is 3.69. The third-order valence-corrected chi connectivity index (χ3v) is 3.83. The second-order valence-corrected chi connectivity index (χ2v) is 5.92. The van der Waals surface area contributed by atoms with Crippen LogP contribution in [-0.4, -0.2) is 19.5 Å². The molecule has 0 amide bonds. The van der Waals surface area contributed by atoms with Crippen LogP contribution >= 0.6 is 0 Å². The van der Waals surface area contributed by atoms with Crippen molar-refractivity contribution in [2.45, 2.75) is 26.8 Å². The molecule has 0 saturated heterocycles. The van der Waals surface area contributed by atoms with Crippen molar-refractivity contribution in [2.24, 2.45) is 12.8 Å². The van der Waals surface area contributed by atoms with Gasteiger partial charge in [-0.05, 0) is 43.5 Å². The summed E-state index contributed by atoms with van der Waals surface area (Å²) in [5, 5.41) is 0.565. The van der Waals surface area contributed by atoms with Gasteiger partial charge in [-0.3, -0.25) is 9.36 Å². The van der Waals surface area contributed by atoms with E-state index in [4.69, 9.17) is 5.73 Å². The minimum absolute atomic E-state index is 0.125. The van der Waals surface area contributed by atoms with Crippen molar-refractivity contribution in [3.63, 3.8) is 0 Å². The van der Waals surface area contributed by atoms with Crippen LogP contribution in [0.2, 0.25) is 0 Å². The molecule has 0 fully saturated rings. The van der Waals surface area contributed by atoms with Crippen LogP contribution in [0.3, 0.4) is 0 Å². The molecule has 3 aromatic rings. The molecule has 6 heteroatoms. The number of aromatic nitrogens is 4. The summed E-state index contributed by atoms with van der Waals surface area (Å²) in [6.45, 7) is 5.74. The summed E-state index contributed by atoms with van der Waals surface area (Å²) in [7, 11) is 1.68. The minimum Gasteiger partial charge on any atom is -0.324 e. The largest absolute Gasteiger partial charge is 0.324 e. The molecule has 2 aromatic heterocycles. The van der Waals surface area contributed by atoms with Crippen LogP contribution in [0, 0.1) is 13.8 Å². The molecule has 23 heavy (non-hydrogen) atoms. The van der Waals surface area contributed by atoms with E-state index in [0.717, 1.165) is 16.7 Å². The lowest BCUT2D eigenvalue weighted by Crippen LogP contribution is -2.22. The van der Waals surface area contributed by atoms with E-state index in [0.29, 0.717) is 22.6 Å². The summed E-state index contributed by atoms with van der Waals surface area (Å²) >= 11 is 0. The van der Waals surface area contributed by atoms with Gasteiger partial charge in [-0.2, -0.15) is 0 Å². The van der Waals surface area contributed by atoms with Gasteiger partial charge in [0.15, 0.2) is 11.6 Å². The van der Waals surface area contributed by atoms with Crippen molar-refractivity contribution in [1.29, 1.82) is 0 Å². The third kappa shape index (κ3) is 2.61. The molecule has 0 radical (unpaired) electrons. The number of rotatable bonds is 2. The van der Waals surface area contributed by atoms with E-state index in [1.165, 1.54) is 4.57 Å². The van der Waals surface area contributed by atoms with E-state index >= 15 is 0 Å². The van der Waals surface area contributed by atoms with Crippen molar-refractivity contribution in [3.05, 3.63) is 51.6 Å². The van der Waals surface area contributed by atoms with Gasteiger partial charge >= 0.3 is 0 Å². The number of hydrogen-bond acceptors (Lipinski definition) is 5. The van der Waals surface area contributed by atoms with Gasteiger partial charge < -0.3 is 5.73 Å². The lowest BCUT2D eigenvalue weighted by molar-refractivity contribution is 0.810. The van der Waals surface area contributed by atoms with Crippen molar-refractivity contribution >= 4 is 10.9 Å². The summed E-state index contributed by atoms with van der Waals surface area (Å²) in [4.78, 5) is 26.0. The van der Waals surface area contributed by atoms with E-state index < -0.39 is 0 Å². The van der Waals surface area contributed by atoms with E-state index in [1.807, 2.05) is 32.9 Å². The number of fused-ring (bicyclic) bond motifs is 1. The highest BCUT2D eigenvalue weighted by Gasteiger charge is 2.16. The molecule has 1 atom stereocenters. The van der Waals surface area contributed by atoms with Crippen LogP contribution in [0.5, 0.6) is 0 Å². The zero-order valence-corrected chi connectivity index (χ0v) is 13.7. The molecule has 0 spiro atoms. The number of hydrogen-bond donors (Lipinski definition) is 1. The maximum Gasteiger partial charge on any atom is 0.261 e. The average molecular weight is 309 g/mol. The average Bonchev–Trinajstić information content (AvgIpc) is 2.51. The lowest BCUT2D eigenvalue weighted by atomic mass is 10.0. The number of benzene rings is 1. The van der Waals surface area contributed by atoms with Gasteiger partial charge in [0.05, 0.1) is 10.9 Å². The zero-order valence-electron chi connectivity index (χ0n) is 13.7. The Hall–Kier alpha value is -2.60. The number of aryl methyl sites for hydroxylation is 2. The van der Waals surface area contributed by atoms with E-state index in [-0.39, 0.29) is 11.6 Å². The fourth-order valence-corrected chi connectivity index (χ4v) is 2.61. The predicted molar refractivity (Wildman–Crippen MR) is 90.1 cm³/mol. The van der Waals surface area contributed by atoms with Gasteiger partial charge in [0.2, 0.25) is 0 Å². The Bertz CT molecular complexity index is 942. The molecule has 118 valence electrons. The Labute approximate surface area is 134 Å². The monoisotopic (exact) mass is 309 g/mol. The summed E-state index contributed by atoms with van der Waals surface area (Å²) in [6.07, 6.45) is 3.42. The van der Waals surface area contributed by atoms with Gasteiger partial charge in [0.1, 0.15) is 0 Å². The minimum atomic E-state index is -0.219. The first-order valence-corrected chi connectivity index (χ1v) is 7.44. The van der Waals surface area contributed by atoms with Crippen molar-refractivity contribution in [1.82, 2.24) is 19.5 Å². The van der Waals surface area contributed by atoms with Gasteiger partial charge in [-0.25, -0.2) is 15.0 Å². The van der Waals surface area contributed by atoms with Crippen molar-refractivity contribution < 1.29 is 0 Å². The molecule has 0 aliphatic heterocycles. The summed E-state index contributed by atoms with van der Waals surface area (Å²) in [5.41, 5.74) is 9.35. The quantitative estimate of drug-likeness (QED) is 0.782. The topological polar surface area (TPSA) is 86.7 Å². The van der Waals surface area contributed by atoms with Gasteiger partial charge in [-0.1, -0.05) is 6.07 Å². The Balaban J connectivity index is 2.39. The molecule has 3 rings (SSSR count). The highest BCUT2D eigenvalue weighted by molar-refractivity contribution is 5.83. The highest BCUT2D eigenvalue weighted by atomic mass is 16.1. The molecule has 0 aliphatic carbocycles. The second-order valence-electron chi connectivity index (χ2n) is 5.92. The van der Waals surface area contributed by atoms with Crippen LogP contribution in [0.1, 0.15) is 29.7 Å². The molecule has 2 N–H and O–H groups in total. The van der Waals surface area contributed by atoms with Gasteiger partial charge in [0, 0.05) is 25.5 Å². The zero-order chi connectivity index (χ0) is 16.7. The van der Waals surface area contributed by atoms with Crippen LogP contribution in [-0.2, 0) is 7.05 Å². The summed E-state index contributed by atoms with van der Waals surface area (Å²) in [5.74, 6) is 0.863. The first kappa shape index (κ1) is 15.3. The van der Waals surface area contributed by atoms with Crippen LogP contribution in [0.25, 0.3) is 22.6 Å². The maximum absolute atomic E-state index is 12.7. The SMILES string of the molecule is Cc1cnc(-c2nc3c([C@@H](C)N)cc(C)cc3c(=O)n2C)nc1. The first-order valence-electron chi connectivity index (χ1n) is 7.44. The maximum atomic E-state index is 12.7. The Morgan fingerprint density at radius 3 is 2.39 bits per heavy atom. The standard InChI is InChI=1S/C17H19N5O/c1-9-5-12(11(3)18)14-13(6-9)17(23)22(4)16(21-14)15-19-7-10(2)8-20-15/h5-8,11H,18H2,1-4H3/t11-/m1/s1. The molecule has 0 saturated carbocycles. The Morgan fingerprint density at radius 2 is 1.78 bits per heavy atom. The third-order valence-electron chi connectivity index (χ3n) is 3.83. The van der Waals surface area contributed by atoms with Crippen molar-refractivity contribution in [3.8, 4) is 11.6 Å². The van der Waals surface area contributed by atoms with Gasteiger partial charge in [-0.15, -0.1) is 0 Å². The fourth-order valence-electron chi connectivity index (χ4n) is 2.61. The first-order chi connectivity index (χ1) is 10.9. The molecule has 0 aliphatic rings. The van der Waals surface area contributed by atoms with Crippen molar-refractivity contribution in [2.75, 3.05) is 0 Å². The van der Waals surface area contributed by atoms with E-state index in [2.05, 4.69) is 15.0 Å². The lowest BCUT2D eigenvalue weighted by Gasteiger charge is -2.14. The summed E-state index contributed by atoms with van der Waals surface area (Å²) < 4.78 is 1.48. The molecule has 0 unspecified atom stereocenters. The second kappa shape index (κ2) is 5.55. The molecule has 6 nitrogen and oxygen atoms in total. The molecule has 2 heterocycles. The smallest absolute Gasteiger partial charge is 0.261 e. The normalized spacial score (nSPS) is 12.6. The Morgan fingerprint density at radius 1 is 1.13 bits per heavy atom. The molecule has 0 bridgehead atoms. The molecular formula is C17H19N5O. The van der Waals surface area contributed by atoms with Gasteiger partial charge in [0.25, 0.3) is 5.56 Å². The van der Waals surface area contributed by atoms with E-state index in [1.54, 1.807) is 19.4 Å². The number of nitrogens with two attached hydrogens (primary N) is 1. The highest BCUT2D eigenvalue weighted by Crippen LogP contribution is 2.23. The number of nitrogens with zero attached hydrogens (tertiary/aromatic N) is 4. The fraction of sp³-hybridized carbons (Fsp3) is 0.294. The molecule has 1 aromatic carbocycles. The van der Waals surface area contributed by atoms with Crippen LogP contribution in [0.15, 0.2) is 29.3 Å². The van der Waals surface area contributed by atoms with E-state index in [9.17, 15) is 4.79 Å². The molecular weight excluding hydrogens is 290 g/mol. The predicted octanol–water partition coefficient (Wildman–Crippen LogP) is 2.03. The van der Waals surface area contributed by atoms with Crippen LogP contribution < -0.4 is 11.3 Å².